The minimum atomic E-state index is -3.63. The van der Waals surface area contributed by atoms with E-state index >= 15 is 0 Å². The van der Waals surface area contributed by atoms with Gasteiger partial charge in [-0.3, -0.25) is 10.00 Å². The van der Waals surface area contributed by atoms with Crippen LogP contribution in [0.1, 0.15) is 31.7 Å². The molecule has 2 atom stereocenters. The van der Waals surface area contributed by atoms with Crippen molar-refractivity contribution in [3.8, 4) is 0 Å². The van der Waals surface area contributed by atoms with Crippen LogP contribution in [0, 0.1) is 0 Å². The van der Waals surface area contributed by atoms with Gasteiger partial charge in [0.1, 0.15) is 0 Å². The average Bonchev–Trinajstić information content (AvgIpc) is 2.95. The summed E-state index contributed by atoms with van der Waals surface area (Å²) in [6, 6.07) is 0.240. The summed E-state index contributed by atoms with van der Waals surface area (Å²) in [5.74, 6) is 0. The summed E-state index contributed by atoms with van der Waals surface area (Å²) in [6.45, 7) is 3.97. The molecule has 2 aliphatic heterocycles. The molecule has 2 unspecified atom stereocenters. The van der Waals surface area contributed by atoms with Gasteiger partial charge in [0.15, 0.2) is 5.03 Å². The van der Waals surface area contributed by atoms with Crippen molar-refractivity contribution in [2.24, 2.45) is 0 Å². The largest absolute Gasteiger partial charge is 0.392 e. The van der Waals surface area contributed by atoms with Gasteiger partial charge in [-0.05, 0) is 26.3 Å². The van der Waals surface area contributed by atoms with E-state index in [4.69, 9.17) is 0 Å². The lowest BCUT2D eigenvalue weighted by Crippen LogP contribution is -2.60. The number of rotatable bonds is 3. The van der Waals surface area contributed by atoms with Gasteiger partial charge in [-0.15, -0.1) is 0 Å². The molecule has 7 nitrogen and oxygen atoms in total. The number of hydrogen-bond acceptors (Lipinski definition) is 5. The van der Waals surface area contributed by atoms with Gasteiger partial charge in [-0.2, -0.15) is 9.40 Å². The van der Waals surface area contributed by atoms with Crippen LogP contribution in [0.15, 0.2) is 11.2 Å². The Hall–Kier alpha value is -0.960. The number of hydrogen-bond donors (Lipinski definition) is 2. The fourth-order valence-corrected chi connectivity index (χ4v) is 5.17. The molecule has 2 saturated heterocycles. The van der Waals surface area contributed by atoms with Crippen LogP contribution >= 0.6 is 0 Å². The van der Waals surface area contributed by atoms with Gasteiger partial charge >= 0.3 is 0 Å². The Morgan fingerprint density at radius 2 is 2.24 bits per heavy atom. The van der Waals surface area contributed by atoms with Crippen molar-refractivity contribution in [2.75, 3.05) is 19.6 Å². The monoisotopic (exact) mass is 314 g/mol. The summed E-state index contributed by atoms with van der Waals surface area (Å²) in [5.41, 5.74) is 0.327. The Balaban J connectivity index is 1.88. The number of nitrogens with one attached hydrogen (secondary N) is 1. The summed E-state index contributed by atoms with van der Waals surface area (Å²) >= 11 is 0. The molecule has 2 fully saturated rings. The van der Waals surface area contributed by atoms with E-state index in [1.807, 2.05) is 6.92 Å². The lowest BCUT2D eigenvalue weighted by Gasteiger charge is -2.46. The molecule has 0 aromatic carbocycles. The molecular formula is C13H22N4O3S. The molecule has 2 aliphatic rings. The standard InChI is InChI=1S/C13H22N4O3S/c1-10-7-16-5-3-2-4-12(16)8-17(10)21(19,20)13-11(9-18)6-14-15-13/h6,10,12,18H,2-5,7-9H2,1H3,(H,14,15). The third-order valence-corrected chi connectivity index (χ3v) is 6.54. The molecule has 2 N–H and O–H groups in total. The van der Waals surface area contributed by atoms with Crippen LogP contribution in [0.3, 0.4) is 0 Å². The number of piperidine rings is 1. The van der Waals surface area contributed by atoms with Crippen molar-refractivity contribution in [2.45, 2.75) is 49.9 Å². The minimum Gasteiger partial charge on any atom is -0.392 e. The maximum Gasteiger partial charge on any atom is 0.260 e. The third kappa shape index (κ3) is 2.61. The van der Waals surface area contributed by atoms with Crippen LogP contribution < -0.4 is 0 Å². The van der Waals surface area contributed by atoms with Crippen molar-refractivity contribution < 1.29 is 13.5 Å². The van der Waals surface area contributed by atoms with E-state index in [9.17, 15) is 13.5 Å². The maximum absolute atomic E-state index is 12.8. The molecule has 0 bridgehead atoms. The second kappa shape index (κ2) is 5.68. The number of aromatic nitrogens is 2. The molecule has 0 amide bonds. The lowest BCUT2D eigenvalue weighted by atomic mass is 9.99. The Morgan fingerprint density at radius 1 is 1.43 bits per heavy atom. The topological polar surface area (TPSA) is 89.5 Å². The Bertz CT molecular complexity index is 600. The smallest absolute Gasteiger partial charge is 0.260 e. The van der Waals surface area contributed by atoms with Crippen LogP contribution in [0.25, 0.3) is 0 Å². The maximum atomic E-state index is 12.8. The summed E-state index contributed by atoms with van der Waals surface area (Å²) in [4.78, 5) is 2.40. The van der Waals surface area contributed by atoms with E-state index in [-0.39, 0.29) is 17.7 Å². The van der Waals surface area contributed by atoms with E-state index in [0.717, 1.165) is 25.9 Å². The first-order chi connectivity index (χ1) is 10.0. The fourth-order valence-electron chi connectivity index (χ4n) is 3.41. The van der Waals surface area contributed by atoms with Gasteiger partial charge in [0.25, 0.3) is 10.0 Å². The van der Waals surface area contributed by atoms with E-state index < -0.39 is 10.0 Å². The first-order valence-corrected chi connectivity index (χ1v) is 8.87. The predicted octanol–water partition coefficient (Wildman–Crippen LogP) is 0.149. The molecule has 3 rings (SSSR count). The number of aliphatic hydroxyl groups is 1. The van der Waals surface area contributed by atoms with E-state index in [2.05, 4.69) is 15.1 Å². The summed E-state index contributed by atoms with van der Waals surface area (Å²) in [5, 5.41) is 15.6. The molecule has 0 saturated carbocycles. The van der Waals surface area contributed by atoms with Gasteiger partial charge in [-0.25, -0.2) is 8.42 Å². The molecule has 21 heavy (non-hydrogen) atoms. The van der Waals surface area contributed by atoms with E-state index in [0.29, 0.717) is 18.2 Å². The van der Waals surface area contributed by atoms with Crippen molar-refractivity contribution in [3.05, 3.63) is 11.8 Å². The molecule has 8 heteroatoms. The number of piperazine rings is 1. The first-order valence-electron chi connectivity index (χ1n) is 7.43. The van der Waals surface area contributed by atoms with E-state index in [1.165, 1.54) is 12.6 Å². The number of fused-ring (bicyclic) bond motifs is 1. The fraction of sp³-hybridized carbons (Fsp3) is 0.769. The quantitative estimate of drug-likeness (QED) is 0.829. The lowest BCUT2D eigenvalue weighted by molar-refractivity contribution is 0.0562. The second-order valence-electron chi connectivity index (χ2n) is 5.95. The van der Waals surface area contributed by atoms with E-state index in [1.54, 1.807) is 4.31 Å². The molecule has 0 radical (unpaired) electrons. The average molecular weight is 314 g/mol. The molecule has 0 aliphatic carbocycles. The number of aromatic amines is 1. The summed E-state index contributed by atoms with van der Waals surface area (Å²) in [7, 11) is -3.63. The van der Waals surface area contributed by atoms with Crippen molar-refractivity contribution in [1.82, 2.24) is 19.4 Å². The SMILES string of the molecule is CC1CN2CCCCC2CN1S(=O)(=O)c1[nH]ncc1CO. The van der Waals surface area contributed by atoms with Crippen LogP contribution in [-0.4, -0.2) is 64.6 Å². The molecule has 118 valence electrons. The highest BCUT2D eigenvalue weighted by Gasteiger charge is 2.40. The molecule has 1 aromatic rings. The normalized spacial score (nSPS) is 28.5. The third-order valence-electron chi connectivity index (χ3n) is 4.55. The highest BCUT2D eigenvalue weighted by molar-refractivity contribution is 7.89. The zero-order valence-electron chi connectivity index (χ0n) is 12.2. The van der Waals surface area contributed by atoms with Gasteiger partial charge in [0.05, 0.1) is 12.8 Å². The van der Waals surface area contributed by atoms with Crippen molar-refractivity contribution in [3.63, 3.8) is 0 Å². The van der Waals surface area contributed by atoms with Crippen molar-refractivity contribution in [1.29, 1.82) is 0 Å². The van der Waals surface area contributed by atoms with Crippen LogP contribution in [0.4, 0.5) is 0 Å². The number of H-pyrrole nitrogens is 1. The van der Waals surface area contributed by atoms with Crippen LogP contribution in [0.2, 0.25) is 0 Å². The number of sulfonamides is 1. The predicted molar refractivity (Wildman–Crippen MR) is 77.1 cm³/mol. The number of aliphatic hydroxyl groups excluding tert-OH is 1. The summed E-state index contributed by atoms with van der Waals surface area (Å²) < 4.78 is 27.2. The highest BCUT2D eigenvalue weighted by Crippen LogP contribution is 2.28. The highest BCUT2D eigenvalue weighted by atomic mass is 32.2. The Labute approximate surface area is 125 Å². The second-order valence-corrected chi connectivity index (χ2v) is 7.78. The van der Waals surface area contributed by atoms with Crippen molar-refractivity contribution >= 4 is 10.0 Å². The first kappa shape index (κ1) is 15.0. The zero-order chi connectivity index (χ0) is 15.0. The Kier molecular flexibility index (Phi) is 4.04. The van der Waals surface area contributed by atoms with Gasteiger partial charge in [-0.1, -0.05) is 6.42 Å². The van der Waals surface area contributed by atoms with Crippen LogP contribution in [-0.2, 0) is 16.6 Å². The molecule has 1 aromatic heterocycles. The van der Waals surface area contributed by atoms with Gasteiger partial charge < -0.3 is 5.11 Å². The molecule has 0 spiro atoms. The summed E-state index contributed by atoms with van der Waals surface area (Å²) in [6.07, 6.45) is 4.78. The van der Waals surface area contributed by atoms with Gasteiger partial charge in [0.2, 0.25) is 0 Å². The Morgan fingerprint density at radius 3 is 3.00 bits per heavy atom. The molecule has 3 heterocycles. The number of nitrogens with zero attached hydrogens (tertiary/aromatic N) is 3. The van der Waals surface area contributed by atoms with Crippen LogP contribution in [0.5, 0.6) is 0 Å². The molecular weight excluding hydrogens is 292 g/mol. The zero-order valence-corrected chi connectivity index (χ0v) is 13.0. The van der Waals surface area contributed by atoms with Gasteiger partial charge in [0, 0.05) is 30.7 Å². The minimum absolute atomic E-state index is 0.0288.